The maximum atomic E-state index is 13.4. The molecule has 4 nitrogen and oxygen atoms in total. The van der Waals surface area contributed by atoms with Crippen LogP contribution in [0.1, 0.15) is 17.3 Å². The van der Waals surface area contributed by atoms with Crippen molar-refractivity contribution in [3.8, 4) is 5.75 Å². The van der Waals surface area contributed by atoms with Gasteiger partial charge in [0.1, 0.15) is 18.1 Å². The molecule has 1 amide bonds. The normalized spacial score (nSPS) is 11.1. The summed E-state index contributed by atoms with van der Waals surface area (Å²) in [6.45, 7) is -0.967. The summed E-state index contributed by atoms with van der Waals surface area (Å²) in [6.07, 6.45) is -4.51. The molecule has 0 aliphatic carbocycles. The zero-order valence-electron chi connectivity index (χ0n) is 10.4. The molecule has 0 saturated carbocycles. The maximum absolute atomic E-state index is 13.4. The van der Waals surface area contributed by atoms with Crippen molar-refractivity contribution in [3.63, 3.8) is 0 Å². The number of alkyl halides is 3. The molecule has 0 atom stereocenters. The minimum Gasteiger partial charge on any atom is -0.484 e. The van der Waals surface area contributed by atoms with E-state index in [4.69, 9.17) is 4.74 Å². The van der Waals surface area contributed by atoms with Gasteiger partial charge in [-0.15, -0.1) is 0 Å². The average molecular weight is 293 g/mol. The average Bonchev–Trinajstić information content (AvgIpc) is 2.32. The van der Waals surface area contributed by atoms with Crippen molar-refractivity contribution in [2.24, 2.45) is 0 Å². The van der Waals surface area contributed by atoms with Crippen LogP contribution in [-0.2, 0) is 4.79 Å². The van der Waals surface area contributed by atoms with Crippen LogP contribution in [0.3, 0.4) is 0 Å². The van der Waals surface area contributed by atoms with Crippen LogP contribution in [-0.4, -0.2) is 31.0 Å². The van der Waals surface area contributed by atoms with Crippen LogP contribution in [0.5, 0.6) is 5.75 Å². The second-order valence-electron chi connectivity index (χ2n) is 3.88. The number of carbonyl (C=O) groups is 2. The number of nitrogens with one attached hydrogen (secondary N) is 1. The van der Waals surface area contributed by atoms with E-state index < -0.39 is 36.8 Å². The Balaban J connectivity index is 2.52. The monoisotopic (exact) mass is 293 g/mol. The number of hydrogen-bond donors (Lipinski definition) is 1. The van der Waals surface area contributed by atoms with Gasteiger partial charge in [-0.25, -0.2) is 4.39 Å². The molecule has 0 heterocycles. The van der Waals surface area contributed by atoms with E-state index in [1.54, 1.807) is 5.32 Å². The minimum absolute atomic E-state index is 0.0605. The number of benzene rings is 1. The number of rotatable bonds is 5. The van der Waals surface area contributed by atoms with E-state index in [-0.39, 0.29) is 11.3 Å². The van der Waals surface area contributed by atoms with Gasteiger partial charge in [-0.3, -0.25) is 9.59 Å². The number of ether oxygens (including phenoxy) is 1. The number of hydrogen-bond acceptors (Lipinski definition) is 3. The number of halogens is 4. The predicted octanol–water partition coefficient (Wildman–Crippen LogP) is 2.09. The number of ketones is 1. The molecule has 110 valence electrons. The number of amides is 1. The van der Waals surface area contributed by atoms with Crippen molar-refractivity contribution < 1.29 is 31.9 Å². The van der Waals surface area contributed by atoms with Crippen molar-refractivity contribution in [3.05, 3.63) is 29.6 Å². The van der Waals surface area contributed by atoms with Gasteiger partial charge < -0.3 is 10.1 Å². The summed E-state index contributed by atoms with van der Waals surface area (Å²) in [5.41, 5.74) is -0.140. The van der Waals surface area contributed by atoms with E-state index in [0.717, 1.165) is 6.07 Å². The Morgan fingerprint density at radius 1 is 1.30 bits per heavy atom. The predicted molar refractivity (Wildman–Crippen MR) is 61.0 cm³/mol. The quantitative estimate of drug-likeness (QED) is 0.668. The topological polar surface area (TPSA) is 55.4 Å². The highest BCUT2D eigenvalue weighted by Gasteiger charge is 2.27. The van der Waals surface area contributed by atoms with E-state index >= 15 is 0 Å². The van der Waals surface area contributed by atoms with Gasteiger partial charge in [0.2, 0.25) is 0 Å². The molecule has 0 aromatic heterocycles. The summed E-state index contributed by atoms with van der Waals surface area (Å²) in [5, 5.41) is 1.60. The molecule has 1 aromatic carbocycles. The van der Waals surface area contributed by atoms with Gasteiger partial charge in [-0.1, -0.05) is 0 Å². The van der Waals surface area contributed by atoms with Crippen LogP contribution in [0.4, 0.5) is 17.6 Å². The molecule has 1 aromatic rings. The summed E-state index contributed by atoms with van der Waals surface area (Å²) >= 11 is 0. The Bertz CT molecular complexity index is 514. The number of carbonyl (C=O) groups excluding carboxylic acids is 2. The molecule has 8 heteroatoms. The molecule has 0 aliphatic rings. The smallest absolute Gasteiger partial charge is 0.405 e. The molecular weight excluding hydrogens is 282 g/mol. The Hall–Kier alpha value is -2.12. The van der Waals surface area contributed by atoms with Crippen molar-refractivity contribution >= 4 is 11.7 Å². The first-order valence-corrected chi connectivity index (χ1v) is 5.46. The standard InChI is InChI=1S/C12H11F4NO3/c1-7(18)9-3-2-8(4-10(9)13)20-5-11(19)17-6-12(14,15)16/h2-4H,5-6H2,1H3,(H,17,19). The third kappa shape index (κ3) is 5.25. The molecule has 0 bridgehead atoms. The second kappa shape index (κ2) is 6.36. The van der Waals surface area contributed by atoms with Gasteiger partial charge in [0.25, 0.3) is 5.91 Å². The van der Waals surface area contributed by atoms with E-state index in [2.05, 4.69) is 0 Å². The Kier molecular flexibility index (Phi) is 5.06. The molecule has 0 radical (unpaired) electrons. The molecule has 0 fully saturated rings. The van der Waals surface area contributed by atoms with Crippen LogP contribution in [0.25, 0.3) is 0 Å². The summed E-state index contributed by atoms with van der Waals surface area (Å²) < 4.78 is 53.6. The molecule has 0 aliphatic heterocycles. The summed E-state index contributed by atoms with van der Waals surface area (Å²) in [4.78, 5) is 22.0. The van der Waals surface area contributed by atoms with E-state index in [1.165, 1.54) is 19.1 Å². The third-order valence-electron chi connectivity index (χ3n) is 2.18. The van der Waals surface area contributed by atoms with Crippen LogP contribution in [0.2, 0.25) is 0 Å². The fraction of sp³-hybridized carbons (Fsp3) is 0.333. The molecule has 1 rings (SSSR count). The fourth-order valence-corrected chi connectivity index (χ4v) is 1.27. The van der Waals surface area contributed by atoms with Gasteiger partial charge in [0, 0.05) is 6.07 Å². The first kappa shape index (κ1) is 15.9. The van der Waals surface area contributed by atoms with Gasteiger partial charge in [-0.2, -0.15) is 13.2 Å². The van der Waals surface area contributed by atoms with Crippen molar-refractivity contribution in [2.45, 2.75) is 13.1 Å². The first-order chi connectivity index (χ1) is 9.19. The first-order valence-electron chi connectivity index (χ1n) is 5.46. The highest BCUT2D eigenvalue weighted by atomic mass is 19.4. The second-order valence-corrected chi connectivity index (χ2v) is 3.88. The lowest BCUT2D eigenvalue weighted by molar-refractivity contribution is -0.139. The lowest BCUT2D eigenvalue weighted by atomic mass is 10.1. The molecular formula is C12H11F4NO3. The molecule has 1 N–H and O–H groups in total. The van der Waals surface area contributed by atoms with Gasteiger partial charge in [-0.05, 0) is 19.1 Å². The highest BCUT2D eigenvalue weighted by Crippen LogP contribution is 2.17. The van der Waals surface area contributed by atoms with Crippen LogP contribution < -0.4 is 10.1 Å². The van der Waals surface area contributed by atoms with Crippen LogP contribution >= 0.6 is 0 Å². The molecule has 20 heavy (non-hydrogen) atoms. The van der Waals surface area contributed by atoms with Gasteiger partial charge in [0.15, 0.2) is 12.4 Å². The van der Waals surface area contributed by atoms with Crippen molar-refractivity contribution in [2.75, 3.05) is 13.2 Å². The van der Waals surface area contributed by atoms with Crippen molar-refractivity contribution in [1.29, 1.82) is 0 Å². The van der Waals surface area contributed by atoms with Crippen LogP contribution in [0.15, 0.2) is 18.2 Å². The Morgan fingerprint density at radius 2 is 1.95 bits per heavy atom. The maximum Gasteiger partial charge on any atom is 0.405 e. The van der Waals surface area contributed by atoms with Gasteiger partial charge >= 0.3 is 6.18 Å². The van der Waals surface area contributed by atoms with E-state index in [1.807, 2.05) is 0 Å². The molecule has 0 spiro atoms. The minimum atomic E-state index is -4.51. The van der Waals surface area contributed by atoms with Crippen LogP contribution in [0, 0.1) is 5.82 Å². The fourth-order valence-electron chi connectivity index (χ4n) is 1.27. The lowest BCUT2D eigenvalue weighted by Crippen LogP contribution is -2.36. The zero-order chi connectivity index (χ0) is 15.3. The largest absolute Gasteiger partial charge is 0.484 e. The number of Topliss-reactive ketones (excluding diaryl/α,β-unsaturated/α-hetero) is 1. The zero-order valence-corrected chi connectivity index (χ0v) is 10.4. The lowest BCUT2D eigenvalue weighted by Gasteiger charge is -2.10. The van der Waals surface area contributed by atoms with E-state index in [0.29, 0.717) is 0 Å². The van der Waals surface area contributed by atoms with Gasteiger partial charge in [0.05, 0.1) is 5.56 Å². The summed E-state index contributed by atoms with van der Waals surface area (Å²) in [5.74, 6) is -2.35. The highest BCUT2D eigenvalue weighted by molar-refractivity contribution is 5.94. The van der Waals surface area contributed by atoms with Crippen molar-refractivity contribution in [1.82, 2.24) is 5.32 Å². The van der Waals surface area contributed by atoms with E-state index in [9.17, 15) is 27.2 Å². The molecule has 0 saturated heterocycles. The third-order valence-corrected chi connectivity index (χ3v) is 2.18. The Morgan fingerprint density at radius 3 is 2.45 bits per heavy atom. The SMILES string of the molecule is CC(=O)c1ccc(OCC(=O)NCC(F)(F)F)cc1F. The molecule has 0 unspecified atom stereocenters. The summed E-state index contributed by atoms with van der Waals surface area (Å²) in [7, 11) is 0. The summed E-state index contributed by atoms with van der Waals surface area (Å²) in [6, 6.07) is 3.30. The Labute approximate surface area is 111 Å².